The third kappa shape index (κ3) is 7.22. The fourth-order valence-corrected chi connectivity index (χ4v) is 3.22. The van der Waals surface area contributed by atoms with Crippen molar-refractivity contribution in [2.75, 3.05) is 56.7 Å². The zero-order chi connectivity index (χ0) is 21.9. The van der Waals surface area contributed by atoms with Crippen LogP contribution in [0.25, 0.3) is 0 Å². The fraction of sp³-hybridized carbons (Fsp3) is 0.571. The summed E-state index contributed by atoms with van der Waals surface area (Å²) in [5.41, 5.74) is 1.79. The lowest BCUT2D eigenvalue weighted by molar-refractivity contribution is -0.141. The quantitative estimate of drug-likeness (QED) is 0.416. The van der Waals surface area contributed by atoms with E-state index in [2.05, 4.69) is 27.8 Å². The molecule has 1 aliphatic heterocycles. The maximum atomic E-state index is 12.8. The third-order valence-corrected chi connectivity index (χ3v) is 4.91. The number of benzene rings is 1. The summed E-state index contributed by atoms with van der Waals surface area (Å²) in [5, 5.41) is 7.94. The first kappa shape index (κ1) is 23.5. The number of hydrogen-bond donors (Lipinski definition) is 3. The summed E-state index contributed by atoms with van der Waals surface area (Å²) in [6.45, 7) is 6.52. The number of anilines is 2. The molecule has 9 nitrogen and oxygen atoms in total. The lowest BCUT2D eigenvalue weighted by atomic mass is 9.98. The molecule has 0 radical (unpaired) electrons. The van der Waals surface area contributed by atoms with Crippen LogP contribution in [0.1, 0.15) is 37.0 Å². The molecule has 0 aromatic heterocycles. The van der Waals surface area contributed by atoms with Crippen LogP contribution in [0.2, 0.25) is 0 Å². The van der Waals surface area contributed by atoms with Gasteiger partial charge in [-0.05, 0) is 43.9 Å². The molecule has 2 rings (SSSR count). The summed E-state index contributed by atoms with van der Waals surface area (Å²) in [4.78, 5) is 38.4. The lowest BCUT2D eigenvalue weighted by Crippen LogP contribution is -2.36. The van der Waals surface area contributed by atoms with Gasteiger partial charge in [0.1, 0.15) is 6.54 Å². The van der Waals surface area contributed by atoms with E-state index >= 15 is 0 Å². The van der Waals surface area contributed by atoms with Gasteiger partial charge in [-0.2, -0.15) is 0 Å². The third-order valence-electron chi connectivity index (χ3n) is 4.91. The number of esters is 1. The normalized spacial score (nSPS) is 14.2. The van der Waals surface area contributed by atoms with E-state index in [-0.39, 0.29) is 19.1 Å². The number of carbonyl (C=O) groups excluding carboxylic acids is 3. The van der Waals surface area contributed by atoms with Crippen molar-refractivity contribution in [3.8, 4) is 0 Å². The van der Waals surface area contributed by atoms with Crippen molar-refractivity contribution in [2.24, 2.45) is 5.92 Å². The van der Waals surface area contributed by atoms with Crippen molar-refractivity contribution in [2.45, 2.75) is 26.7 Å². The van der Waals surface area contributed by atoms with E-state index < -0.39 is 12.0 Å². The van der Waals surface area contributed by atoms with E-state index in [0.717, 1.165) is 31.6 Å². The minimum atomic E-state index is -0.548. The number of methoxy groups -OCH3 is 1. The van der Waals surface area contributed by atoms with Gasteiger partial charge in [0.05, 0.1) is 18.8 Å². The molecule has 1 aliphatic rings. The predicted octanol–water partition coefficient (Wildman–Crippen LogP) is 1.98. The van der Waals surface area contributed by atoms with Crippen LogP contribution in [-0.2, 0) is 14.3 Å². The molecule has 1 heterocycles. The molecule has 0 aliphatic carbocycles. The van der Waals surface area contributed by atoms with Gasteiger partial charge in [-0.25, -0.2) is 4.79 Å². The lowest BCUT2D eigenvalue weighted by Gasteiger charge is -2.33. The molecule has 0 unspecified atom stereocenters. The van der Waals surface area contributed by atoms with Crippen molar-refractivity contribution < 1.29 is 23.9 Å². The summed E-state index contributed by atoms with van der Waals surface area (Å²) in [5.74, 6) is -0.0685. The van der Waals surface area contributed by atoms with Gasteiger partial charge in [0.15, 0.2) is 0 Å². The number of rotatable bonds is 9. The Morgan fingerprint density at radius 1 is 1.17 bits per heavy atom. The van der Waals surface area contributed by atoms with Gasteiger partial charge in [0, 0.05) is 38.1 Å². The molecule has 0 atom stereocenters. The van der Waals surface area contributed by atoms with Gasteiger partial charge in [0.25, 0.3) is 5.91 Å². The van der Waals surface area contributed by atoms with Crippen LogP contribution >= 0.6 is 0 Å². The number of nitrogens with one attached hydrogen (secondary N) is 3. The van der Waals surface area contributed by atoms with Crippen molar-refractivity contribution in [3.05, 3.63) is 23.8 Å². The first-order valence-corrected chi connectivity index (χ1v) is 10.3. The first-order chi connectivity index (χ1) is 14.4. The van der Waals surface area contributed by atoms with E-state index in [4.69, 9.17) is 9.47 Å². The summed E-state index contributed by atoms with van der Waals surface area (Å²) in [6, 6.07) is 4.71. The molecule has 3 amide bonds. The van der Waals surface area contributed by atoms with Crippen LogP contribution in [-0.4, -0.2) is 64.4 Å². The Hall–Kier alpha value is -2.81. The average molecular weight is 421 g/mol. The van der Waals surface area contributed by atoms with Gasteiger partial charge < -0.3 is 30.3 Å². The molecule has 1 saturated heterocycles. The van der Waals surface area contributed by atoms with Crippen LogP contribution in [0.15, 0.2) is 18.2 Å². The predicted molar refractivity (Wildman–Crippen MR) is 115 cm³/mol. The van der Waals surface area contributed by atoms with Crippen molar-refractivity contribution in [3.63, 3.8) is 0 Å². The number of hydrogen-bond acceptors (Lipinski definition) is 6. The van der Waals surface area contributed by atoms with Gasteiger partial charge in [0.2, 0.25) is 0 Å². The maximum absolute atomic E-state index is 12.8. The molecule has 0 saturated carbocycles. The molecule has 0 spiro atoms. The summed E-state index contributed by atoms with van der Waals surface area (Å²) in [7, 11) is 1.58. The summed E-state index contributed by atoms with van der Waals surface area (Å²) >= 11 is 0. The second kappa shape index (κ2) is 12.0. The Bertz CT molecular complexity index is 732. The molecule has 1 aromatic rings. The van der Waals surface area contributed by atoms with E-state index in [1.165, 1.54) is 0 Å². The molecule has 30 heavy (non-hydrogen) atoms. The molecule has 3 N–H and O–H groups in total. The highest BCUT2D eigenvalue weighted by molar-refractivity contribution is 6.02. The SMILES string of the molecule is CCOC(=O)CNC(=O)Nc1ccc(N2CCC(C)CC2)c(C(=O)NCCOC)c1. The highest BCUT2D eigenvalue weighted by Crippen LogP contribution is 2.28. The summed E-state index contributed by atoms with van der Waals surface area (Å²) in [6.07, 6.45) is 2.14. The number of amides is 3. The van der Waals surface area contributed by atoms with Crippen LogP contribution in [0.3, 0.4) is 0 Å². The second-order valence-corrected chi connectivity index (χ2v) is 7.26. The largest absolute Gasteiger partial charge is 0.465 e. The number of nitrogens with zero attached hydrogens (tertiary/aromatic N) is 1. The summed E-state index contributed by atoms with van der Waals surface area (Å²) < 4.78 is 9.78. The molecular formula is C21H32N4O5. The standard InChI is InChI=1S/C21H32N4O5/c1-4-30-19(26)14-23-21(28)24-16-5-6-18(25-10-7-15(2)8-11-25)17(13-16)20(27)22-9-12-29-3/h5-6,13,15H,4,7-12,14H2,1-3H3,(H,22,27)(H2,23,24,28). The van der Waals surface area contributed by atoms with Gasteiger partial charge in [-0.1, -0.05) is 6.92 Å². The highest BCUT2D eigenvalue weighted by atomic mass is 16.5. The molecule has 9 heteroatoms. The minimum Gasteiger partial charge on any atom is -0.465 e. The van der Waals surface area contributed by atoms with Crippen LogP contribution in [0, 0.1) is 5.92 Å². The average Bonchev–Trinajstić information content (AvgIpc) is 2.73. The monoisotopic (exact) mass is 420 g/mol. The number of piperidine rings is 1. The molecule has 1 aromatic carbocycles. The van der Waals surface area contributed by atoms with Crippen molar-refractivity contribution in [1.29, 1.82) is 0 Å². The van der Waals surface area contributed by atoms with Crippen LogP contribution < -0.4 is 20.9 Å². The number of carbonyl (C=O) groups is 3. The highest BCUT2D eigenvalue weighted by Gasteiger charge is 2.22. The van der Waals surface area contributed by atoms with E-state index in [0.29, 0.717) is 30.3 Å². The molecule has 166 valence electrons. The first-order valence-electron chi connectivity index (χ1n) is 10.3. The Labute approximate surface area is 177 Å². The van der Waals surface area contributed by atoms with Crippen LogP contribution in [0.4, 0.5) is 16.2 Å². The van der Waals surface area contributed by atoms with Gasteiger partial charge in [-0.15, -0.1) is 0 Å². The van der Waals surface area contributed by atoms with Gasteiger partial charge in [-0.3, -0.25) is 9.59 Å². The van der Waals surface area contributed by atoms with E-state index in [1.54, 1.807) is 26.2 Å². The minimum absolute atomic E-state index is 0.226. The molecular weight excluding hydrogens is 388 g/mol. The van der Waals surface area contributed by atoms with E-state index in [1.807, 2.05) is 6.07 Å². The maximum Gasteiger partial charge on any atom is 0.325 e. The van der Waals surface area contributed by atoms with Crippen LogP contribution in [0.5, 0.6) is 0 Å². The Morgan fingerprint density at radius 2 is 1.90 bits per heavy atom. The van der Waals surface area contributed by atoms with Gasteiger partial charge >= 0.3 is 12.0 Å². The smallest absolute Gasteiger partial charge is 0.325 e. The Morgan fingerprint density at radius 3 is 2.57 bits per heavy atom. The Balaban J connectivity index is 2.12. The molecule has 1 fully saturated rings. The Kier molecular flexibility index (Phi) is 9.40. The second-order valence-electron chi connectivity index (χ2n) is 7.26. The topological polar surface area (TPSA) is 109 Å². The number of ether oxygens (including phenoxy) is 2. The van der Waals surface area contributed by atoms with Crippen molar-refractivity contribution >= 4 is 29.3 Å². The fourth-order valence-electron chi connectivity index (χ4n) is 3.22. The zero-order valence-electron chi connectivity index (χ0n) is 18.0. The van der Waals surface area contributed by atoms with Crippen molar-refractivity contribution in [1.82, 2.24) is 10.6 Å². The zero-order valence-corrected chi connectivity index (χ0v) is 18.0. The number of urea groups is 1. The van der Waals surface area contributed by atoms with E-state index in [9.17, 15) is 14.4 Å². The molecule has 0 bridgehead atoms.